The number of amides is 1. The number of hydrogen-bond donors (Lipinski definition) is 1. The number of fused-ring (bicyclic) bond motifs is 1. The van der Waals surface area contributed by atoms with Crippen molar-refractivity contribution in [3.8, 4) is 11.1 Å². The van der Waals surface area contributed by atoms with Crippen molar-refractivity contribution < 1.29 is 9.00 Å². The molecule has 1 amide bonds. The van der Waals surface area contributed by atoms with Crippen molar-refractivity contribution in [2.45, 2.75) is 12.8 Å². The summed E-state index contributed by atoms with van der Waals surface area (Å²) in [5.41, 5.74) is 2.80. The molecule has 0 saturated carbocycles. The number of nitrogens with one attached hydrogen (secondary N) is 1. The van der Waals surface area contributed by atoms with Crippen LogP contribution in [0.2, 0.25) is 0 Å². The third-order valence-electron chi connectivity index (χ3n) is 4.93. The van der Waals surface area contributed by atoms with Gasteiger partial charge in [-0.15, -0.1) is 0 Å². The molecule has 1 fully saturated rings. The van der Waals surface area contributed by atoms with Gasteiger partial charge in [-0.1, -0.05) is 12.1 Å². The zero-order chi connectivity index (χ0) is 18.4. The van der Waals surface area contributed by atoms with Gasteiger partial charge in [-0.05, 0) is 36.6 Å². The van der Waals surface area contributed by atoms with Gasteiger partial charge < -0.3 is 4.90 Å². The molecule has 0 spiro atoms. The van der Waals surface area contributed by atoms with Crippen molar-refractivity contribution in [1.29, 1.82) is 0 Å². The lowest BCUT2D eigenvalue weighted by molar-refractivity contribution is -0.114. The number of nitrogens with zero attached hydrogens (tertiary/aromatic N) is 4. The molecule has 0 aliphatic carbocycles. The minimum atomic E-state index is -1.59. The lowest BCUT2D eigenvalue weighted by Crippen LogP contribution is -2.18. The van der Waals surface area contributed by atoms with Crippen LogP contribution in [0, 0.1) is 0 Å². The third-order valence-corrected chi connectivity index (χ3v) is 5.99. The highest BCUT2D eigenvalue weighted by atomic mass is 32.2. The summed E-state index contributed by atoms with van der Waals surface area (Å²) in [4.78, 5) is 18.4. The summed E-state index contributed by atoms with van der Waals surface area (Å²) < 4.78 is 16.0. The van der Waals surface area contributed by atoms with Crippen LogP contribution in [0.25, 0.3) is 27.1 Å². The van der Waals surface area contributed by atoms with E-state index in [1.165, 1.54) is 18.9 Å². The van der Waals surface area contributed by atoms with Crippen molar-refractivity contribution in [3.05, 3.63) is 48.8 Å². The molecule has 1 atom stereocenters. The van der Waals surface area contributed by atoms with E-state index >= 15 is 0 Å². The largest absolute Gasteiger partial charge is 0.357 e. The Labute approximate surface area is 158 Å². The lowest BCUT2D eigenvalue weighted by Gasteiger charge is -2.16. The van der Waals surface area contributed by atoms with Crippen LogP contribution < -0.4 is 9.62 Å². The normalized spacial score (nSPS) is 19.6. The van der Waals surface area contributed by atoms with E-state index in [9.17, 15) is 9.00 Å². The molecule has 7 nitrogen and oxygen atoms in total. The number of pyridine rings is 1. The molecule has 5 rings (SSSR count). The van der Waals surface area contributed by atoms with E-state index in [2.05, 4.69) is 31.8 Å². The zero-order valence-corrected chi connectivity index (χ0v) is 15.3. The summed E-state index contributed by atoms with van der Waals surface area (Å²) in [6.07, 6.45) is 7.35. The Bertz CT molecular complexity index is 1100. The van der Waals surface area contributed by atoms with E-state index in [0.29, 0.717) is 5.03 Å². The minimum absolute atomic E-state index is 0.342. The molecular formula is C19H17N5O2S. The molecule has 27 heavy (non-hydrogen) atoms. The Kier molecular flexibility index (Phi) is 3.78. The number of hydrogen-bond acceptors (Lipinski definition) is 5. The second kappa shape index (κ2) is 6.31. The van der Waals surface area contributed by atoms with E-state index in [0.717, 1.165) is 40.9 Å². The highest BCUT2D eigenvalue weighted by molar-refractivity contribution is 7.93. The average molecular weight is 379 g/mol. The summed E-state index contributed by atoms with van der Waals surface area (Å²) >= 11 is 0. The highest BCUT2D eigenvalue weighted by Gasteiger charge is 2.23. The first-order valence-electron chi connectivity index (χ1n) is 8.83. The number of carbonyl (C=O) groups excluding carboxylic acids is 1. The standard InChI is InChI=1S/C19H17N5O2S/c25-18-10-19(27(26)22-18)24-16-9-13(3-4-15(16)12-21-24)14-5-6-17(20-11-14)23-7-1-2-8-23/h3-6,9-12H,1-2,7-8H2,(H,22,25). The molecular weight excluding hydrogens is 362 g/mol. The number of anilines is 1. The number of carbonyl (C=O) groups is 1. The number of benzene rings is 1. The van der Waals surface area contributed by atoms with Gasteiger partial charge >= 0.3 is 0 Å². The highest BCUT2D eigenvalue weighted by Crippen LogP contribution is 2.28. The smallest absolute Gasteiger partial charge is 0.258 e. The van der Waals surface area contributed by atoms with Crippen molar-refractivity contribution >= 4 is 38.6 Å². The van der Waals surface area contributed by atoms with Crippen molar-refractivity contribution in [3.63, 3.8) is 0 Å². The van der Waals surface area contributed by atoms with Gasteiger partial charge in [0.2, 0.25) is 0 Å². The van der Waals surface area contributed by atoms with E-state index in [-0.39, 0.29) is 5.91 Å². The molecule has 2 aliphatic rings. The van der Waals surface area contributed by atoms with E-state index in [1.54, 1.807) is 10.9 Å². The minimum Gasteiger partial charge on any atom is -0.357 e. The topological polar surface area (TPSA) is 80.1 Å². The maximum absolute atomic E-state index is 12.1. The summed E-state index contributed by atoms with van der Waals surface area (Å²) in [6, 6.07) is 10.1. The molecule has 2 aliphatic heterocycles. The van der Waals surface area contributed by atoms with Gasteiger partial charge in [0.05, 0.1) is 11.7 Å². The van der Waals surface area contributed by atoms with Crippen molar-refractivity contribution in [2.24, 2.45) is 0 Å². The molecule has 2 aromatic heterocycles. The maximum Gasteiger partial charge on any atom is 0.258 e. The second-order valence-electron chi connectivity index (χ2n) is 6.65. The predicted molar refractivity (Wildman–Crippen MR) is 105 cm³/mol. The zero-order valence-electron chi connectivity index (χ0n) is 14.5. The maximum atomic E-state index is 12.1. The molecule has 1 unspecified atom stereocenters. The molecule has 0 bridgehead atoms. The summed E-state index contributed by atoms with van der Waals surface area (Å²) in [5, 5.41) is 5.56. The first-order valence-corrected chi connectivity index (χ1v) is 9.98. The molecule has 136 valence electrons. The summed E-state index contributed by atoms with van der Waals surface area (Å²) in [5.74, 6) is 0.642. The van der Waals surface area contributed by atoms with Crippen LogP contribution in [-0.4, -0.2) is 38.0 Å². The fourth-order valence-corrected chi connectivity index (χ4v) is 4.41. The van der Waals surface area contributed by atoms with Crippen LogP contribution >= 0.6 is 0 Å². The molecule has 0 radical (unpaired) electrons. The Morgan fingerprint density at radius 3 is 2.56 bits per heavy atom. The number of aromatic nitrogens is 3. The predicted octanol–water partition coefficient (Wildman–Crippen LogP) is 2.29. The fourth-order valence-electron chi connectivity index (χ4n) is 3.54. The SMILES string of the molecule is O=C1C=C(n2ncc3ccc(-c4ccc(N5CCCC5)nc4)cc32)S(=O)N1. The monoisotopic (exact) mass is 379 g/mol. The van der Waals surface area contributed by atoms with E-state index < -0.39 is 11.0 Å². The van der Waals surface area contributed by atoms with Gasteiger partial charge in [-0.3, -0.25) is 9.52 Å². The molecule has 3 aromatic rings. The fraction of sp³-hybridized carbons (Fsp3) is 0.211. The first kappa shape index (κ1) is 16.2. The molecule has 1 N–H and O–H groups in total. The van der Waals surface area contributed by atoms with Crippen molar-refractivity contribution in [2.75, 3.05) is 18.0 Å². The van der Waals surface area contributed by atoms with E-state index in [4.69, 9.17) is 0 Å². The molecule has 8 heteroatoms. The lowest BCUT2D eigenvalue weighted by atomic mass is 10.1. The Morgan fingerprint density at radius 1 is 1.04 bits per heavy atom. The van der Waals surface area contributed by atoms with Crippen LogP contribution in [0.3, 0.4) is 0 Å². The van der Waals surface area contributed by atoms with Gasteiger partial charge in [0, 0.05) is 36.3 Å². The van der Waals surface area contributed by atoms with Crippen LogP contribution in [0.4, 0.5) is 5.82 Å². The molecule has 1 saturated heterocycles. The Morgan fingerprint density at radius 2 is 1.85 bits per heavy atom. The Hall–Kier alpha value is -3.00. The summed E-state index contributed by atoms with van der Waals surface area (Å²) in [6.45, 7) is 2.13. The summed E-state index contributed by atoms with van der Waals surface area (Å²) in [7, 11) is -1.59. The van der Waals surface area contributed by atoms with Gasteiger partial charge in [-0.2, -0.15) is 5.10 Å². The Balaban J connectivity index is 1.53. The number of rotatable bonds is 3. The van der Waals surface area contributed by atoms with Crippen LogP contribution in [0.15, 0.2) is 48.8 Å². The molecule has 4 heterocycles. The van der Waals surface area contributed by atoms with Crippen LogP contribution in [0.5, 0.6) is 0 Å². The van der Waals surface area contributed by atoms with E-state index in [1.807, 2.05) is 24.4 Å². The quantitative estimate of drug-likeness (QED) is 0.755. The van der Waals surface area contributed by atoms with Crippen LogP contribution in [-0.2, 0) is 15.8 Å². The van der Waals surface area contributed by atoms with Crippen LogP contribution in [0.1, 0.15) is 12.8 Å². The average Bonchev–Trinajstić information content (AvgIpc) is 3.41. The first-order chi connectivity index (χ1) is 13.2. The van der Waals surface area contributed by atoms with Gasteiger partial charge in [0.25, 0.3) is 5.91 Å². The van der Waals surface area contributed by atoms with Gasteiger partial charge in [-0.25, -0.2) is 13.9 Å². The van der Waals surface area contributed by atoms with Gasteiger partial charge in [0.15, 0.2) is 16.0 Å². The third kappa shape index (κ3) is 2.82. The van der Waals surface area contributed by atoms with Gasteiger partial charge in [0.1, 0.15) is 5.82 Å². The van der Waals surface area contributed by atoms with Crippen molar-refractivity contribution in [1.82, 2.24) is 19.5 Å². The molecule has 1 aromatic carbocycles. The second-order valence-corrected chi connectivity index (χ2v) is 7.81.